The molecule has 1 aromatic heterocycles. The SMILES string of the molecule is COCC(C)NC(=O)c1cc(C)n(-c2ccc(F)cc2)c1C. The molecule has 1 N–H and O–H groups in total. The second kappa shape index (κ2) is 6.75. The van der Waals surface area contributed by atoms with Gasteiger partial charge >= 0.3 is 0 Å². The Morgan fingerprint density at radius 1 is 1.32 bits per heavy atom. The van der Waals surface area contributed by atoms with Gasteiger partial charge < -0.3 is 14.6 Å². The Bertz CT molecular complexity index is 662. The van der Waals surface area contributed by atoms with E-state index in [0.717, 1.165) is 17.1 Å². The van der Waals surface area contributed by atoms with Crippen molar-refractivity contribution in [3.8, 4) is 5.69 Å². The summed E-state index contributed by atoms with van der Waals surface area (Å²) in [5.41, 5.74) is 3.20. The lowest BCUT2D eigenvalue weighted by Gasteiger charge is -2.13. The third kappa shape index (κ3) is 3.36. The van der Waals surface area contributed by atoms with Crippen molar-refractivity contribution in [2.75, 3.05) is 13.7 Å². The van der Waals surface area contributed by atoms with E-state index in [9.17, 15) is 9.18 Å². The van der Waals surface area contributed by atoms with Crippen LogP contribution in [0.1, 0.15) is 28.7 Å². The maximum Gasteiger partial charge on any atom is 0.253 e. The first kappa shape index (κ1) is 16.2. The summed E-state index contributed by atoms with van der Waals surface area (Å²) in [6.45, 7) is 6.15. The zero-order chi connectivity index (χ0) is 16.3. The van der Waals surface area contributed by atoms with Gasteiger partial charge in [-0.05, 0) is 51.1 Å². The number of aryl methyl sites for hydroxylation is 1. The number of methoxy groups -OCH3 is 1. The summed E-state index contributed by atoms with van der Waals surface area (Å²) in [5.74, 6) is -0.413. The Labute approximate surface area is 129 Å². The lowest BCUT2D eigenvalue weighted by atomic mass is 10.2. The highest BCUT2D eigenvalue weighted by molar-refractivity contribution is 5.96. The topological polar surface area (TPSA) is 43.3 Å². The van der Waals surface area contributed by atoms with Crippen LogP contribution in [0.25, 0.3) is 5.69 Å². The quantitative estimate of drug-likeness (QED) is 0.923. The van der Waals surface area contributed by atoms with E-state index in [1.54, 1.807) is 19.2 Å². The van der Waals surface area contributed by atoms with E-state index >= 15 is 0 Å². The van der Waals surface area contributed by atoms with Gasteiger partial charge in [0.1, 0.15) is 5.82 Å². The molecule has 0 spiro atoms. The fourth-order valence-electron chi connectivity index (χ4n) is 2.57. The van der Waals surface area contributed by atoms with Crippen LogP contribution in [0.4, 0.5) is 4.39 Å². The minimum absolute atomic E-state index is 0.0635. The Hall–Kier alpha value is -2.14. The molecule has 22 heavy (non-hydrogen) atoms. The van der Waals surface area contributed by atoms with Crippen LogP contribution in [0.2, 0.25) is 0 Å². The lowest BCUT2D eigenvalue weighted by Crippen LogP contribution is -2.35. The molecule has 118 valence electrons. The van der Waals surface area contributed by atoms with Gasteiger partial charge in [-0.1, -0.05) is 0 Å². The number of hydrogen-bond donors (Lipinski definition) is 1. The highest BCUT2D eigenvalue weighted by Gasteiger charge is 2.18. The lowest BCUT2D eigenvalue weighted by molar-refractivity contribution is 0.0905. The standard InChI is InChI=1S/C17H21FN2O2/c1-11(10-22-4)19-17(21)16-9-12(2)20(13(16)3)15-7-5-14(18)6-8-15/h5-9,11H,10H2,1-4H3,(H,19,21). The Kier molecular flexibility index (Phi) is 4.98. The van der Waals surface area contributed by atoms with E-state index in [-0.39, 0.29) is 17.8 Å². The van der Waals surface area contributed by atoms with Gasteiger partial charge in [-0.15, -0.1) is 0 Å². The summed E-state index contributed by atoms with van der Waals surface area (Å²) in [5, 5.41) is 2.90. The van der Waals surface area contributed by atoms with Crippen LogP contribution in [0.5, 0.6) is 0 Å². The van der Waals surface area contributed by atoms with E-state index in [1.165, 1.54) is 12.1 Å². The normalized spacial score (nSPS) is 12.2. The van der Waals surface area contributed by atoms with Crippen molar-refractivity contribution in [2.24, 2.45) is 0 Å². The molecule has 1 amide bonds. The van der Waals surface area contributed by atoms with Gasteiger partial charge in [0.05, 0.1) is 12.2 Å². The van der Waals surface area contributed by atoms with Crippen LogP contribution in [0.15, 0.2) is 30.3 Å². The van der Waals surface area contributed by atoms with Gasteiger partial charge in [-0.3, -0.25) is 4.79 Å². The average Bonchev–Trinajstić information content (AvgIpc) is 2.75. The molecule has 2 rings (SSSR count). The number of carbonyl (C=O) groups excluding carboxylic acids is 1. The van der Waals surface area contributed by atoms with Crippen LogP contribution >= 0.6 is 0 Å². The molecule has 0 aliphatic heterocycles. The molecule has 0 saturated carbocycles. The molecule has 1 aromatic carbocycles. The summed E-state index contributed by atoms with van der Waals surface area (Å²) in [6, 6.07) is 8.00. The van der Waals surface area contributed by atoms with Gasteiger partial charge in [-0.25, -0.2) is 4.39 Å². The van der Waals surface area contributed by atoms with Crippen molar-refractivity contribution in [3.05, 3.63) is 53.1 Å². The third-order valence-electron chi connectivity index (χ3n) is 3.55. The monoisotopic (exact) mass is 304 g/mol. The van der Waals surface area contributed by atoms with Gasteiger partial charge in [-0.2, -0.15) is 0 Å². The van der Waals surface area contributed by atoms with E-state index in [1.807, 2.05) is 31.4 Å². The molecular formula is C17H21FN2O2. The van der Waals surface area contributed by atoms with Gasteiger partial charge in [0.2, 0.25) is 0 Å². The Morgan fingerprint density at radius 2 is 1.95 bits per heavy atom. The van der Waals surface area contributed by atoms with Crippen molar-refractivity contribution in [1.82, 2.24) is 9.88 Å². The molecule has 0 aliphatic rings. The first-order chi connectivity index (χ1) is 10.4. The molecule has 1 heterocycles. The Balaban J connectivity index is 2.31. The first-order valence-electron chi connectivity index (χ1n) is 7.18. The van der Waals surface area contributed by atoms with Crippen molar-refractivity contribution in [2.45, 2.75) is 26.8 Å². The summed E-state index contributed by atoms with van der Waals surface area (Å²) >= 11 is 0. The van der Waals surface area contributed by atoms with E-state index in [4.69, 9.17) is 4.74 Å². The number of benzene rings is 1. The van der Waals surface area contributed by atoms with Crippen LogP contribution in [-0.2, 0) is 4.74 Å². The maximum atomic E-state index is 13.1. The summed E-state index contributed by atoms with van der Waals surface area (Å²) in [6.07, 6.45) is 0. The number of ether oxygens (including phenoxy) is 1. The molecule has 0 radical (unpaired) electrons. The highest BCUT2D eigenvalue weighted by atomic mass is 19.1. The van der Waals surface area contributed by atoms with E-state index in [0.29, 0.717) is 12.2 Å². The minimum atomic E-state index is -0.280. The molecule has 4 nitrogen and oxygen atoms in total. The number of nitrogens with zero attached hydrogens (tertiary/aromatic N) is 1. The fourth-order valence-corrected chi connectivity index (χ4v) is 2.57. The smallest absolute Gasteiger partial charge is 0.253 e. The number of rotatable bonds is 5. The van der Waals surface area contributed by atoms with Crippen molar-refractivity contribution >= 4 is 5.91 Å². The van der Waals surface area contributed by atoms with Crippen LogP contribution in [-0.4, -0.2) is 30.2 Å². The predicted octanol–water partition coefficient (Wildman–Crippen LogP) is 3.00. The number of nitrogens with one attached hydrogen (secondary N) is 1. The molecule has 5 heteroatoms. The number of aromatic nitrogens is 1. The fraction of sp³-hybridized carbons (Fsp3) is 0.353. The predicted molar refractivity (Wildman–Crippen MR) is 84.0 cm³/mol. The second-order valence-electron chi connectivity index (χ2n) is 5.43. The molecule has 0 bridgehead atoms. The first-order valence-corrected chi connectivity index (χ1v) is 7.18. The molecule has 0 fully saturated rings. The number of amides is 1. The van der Waals surface area contributed by atoms with Gasteiger partial charge in [0.15, 0.2) is 0 Å². The number of hydrogen-bond acceptors (Lipinski definition) is 2. The Morgan fingerprint density at radius 3 is 2.55 bits per heavy atom. The molecule has 1 atom stereocenters. The largest absolute Gasteiger partial charge is 0.383 e. The number of carbonyl (C=O) groups is 1. The van der Waals surface area contributed by atoms with Crippen molar-refractivity contribution < 1.29 is 13.9 Å². The molecule has 2 aromatic rings. The zero-order valence-corrected chi connectivity index (χ0v) is 13.3. The maximum absolute atomic E-state index is 13.1. The highest BCUT2D eigenvalue weighted by Crippen LogP contribution is 2.21. The molecule has 1 unspecified atom stereocenters. The van der Waals surface area contributed by atoms with Crippen molar-refractivity contribution in [1.29, 1.82) is 0 Å². The molecular weight excluding hydrogens is 283 g/mol. The van der Waals surface area contributed by atoms with Gasteiger partial charge in [0.25, 0.3) is 5.91 Å². The van der Waals surface area contributed by atoms with Crippen molar-refractivity contribution in [3.63, 3.8) is 0 Å². The summed E-state index contributed by atoms with van der Waals surface area (Å²) in [7, 11) is 1.60. The number of halogens is 1. The second-order valence-corrected chi connectivity index (χ2v) is 5.43. The zero-order valence-electron chi connectivity index (χ0n) is 13.3. The molecule has 0 saturated heterocycles. The summed E-state index contributed by atoms with van der Waals surface area (Å²) < 4.78 is 20.0. The van der Waals surface area contributed by atoms with Crippen LogP contribution in [0.3, 0.4) is 0 Å². The molecule has 0 aliphatic carbocycles. The van der Waals surface area contributed by atoms with Crippen LogP contribution in [0, 0.1) is 19.7 Å². The van der Waals surface area contributed by atoms with Crippen LogP contribution < -0.4 is 5.32 Å². The third-order valence-corrected chi connectivity index (χ3v) is 3.55. The summed E-state index contributed by atoms with van der Waals surface area (Å²) in [4.78, 5) is 12.4. The van der Waals surface area contributed by atoms with E-state index < -0.39 is 0 Å². The van der Waals surface area contributed by atoms with E-state index in [2.05, 4.69) is 5.32 Å². The van der Waals surface area contributed by atoms with Gasteiger partial charge in [0, 0.05) is 30.2 Å². The average molecular weight is 304 g/mol. The minimum Gasteiger partial charge on any atom is -0.383 e.